The first-order chi connectivity index (χ1) is 18.8. The molecule has 1 aromatic heterocycles. The normalized spacial score (nSPS) is 23.1. The molecule has 3 fully saturated rings. The molecular formula is C29H29F4N3O2S. The Morgan fingerprint density at radius 2 is 1.74 bits per heavy atom. The lowest BCUT2D eigenvalue weighted by molar-refractivity contribution is -0.137. The molecule has 2 aromatic carbocycles. The Bertz CT molecular complexity index is 1300. The van der Waals surface area contributed by atoms with Gasteiger partial charge in [0.15, 0.2) is 0 Å². The molecule has 2 atom stereocenters. The summed E-state index contributed by atoms with van der Waals surface area (Å²) >= 11 is 1.37. The fraction of sp³-hybridized carbons (Fsp3) is 0.414. The Hall–Kier alpha value is -2.95. The average molecular weight is 560 g/mol. The van der Waals surface area contributed by atoms with Crippen LogP contribution in [-0.4, -0.2) is 56.7 Å². The summed E-state index contributed by atoms with van der Waals surface area (Å²) in [5, 5.41) is 1.86. The van der Waals surface area contributed by atoms with E-state index in [9.17, 15) is 18.0 Å². The third-order valence-electron chi connectivity index (χ3n) is 8.10. The Labute approximate surface area is 228 Å². The summed E-state index contributed by atoms with van der Waals surface area (Å²) in [5.74, 6) is 0.651. The first-order valence-corrected chi connectivity index (χ1v) is 14.0. The van der Waals surface area contributed by atoms with Gasteiger partial charge in [-0.1, -0.05) is 18.2 Å². The maximum absolute atomic E-state index is 15.2. The number of benzene rings is 2. The molecular weight excluding hydrogens is 530 g/mol. The summed E-state index contributed by atoms with van der Waals surface area (Å²) in [6.07, 6.45) is -4.33. The van der Waals surface area contributed by atoms with Crippen LogP contribution in [0.4, 0.5) is 28.9 Å². The lowest BCUT2D eigenvalue weighted by Crippen LogP contribution is -2.37. The molecule has 2 saturated heterocycles. The molecule has 0 bridgehead atoms. The highest BCUT2D eigenvalue weighted by atomic mass is 32.1. The molecule has 3 aliphatic rings. The van der Waals surface area contributed by atoms with E-state index in [0.717, 1.165) is 30.8 Å². The molecule has 1 aliphatic carbocycles. The van der Waals surface area contributed by atoms with Crippen molar-refractivity contribution >= 4 is 28.6 Å². The van der Waals surface area contributed by atoms with Crippen molar-refractivity contribution in [3.8, 4) is 0 Å². The van der Waals surface area contributed by atoms with Crippen LogP contribution in [0.15, 0.2) is 60.0 Å². The number of thiophene rings is 1. The number of piperidine rings is 1. The van der Waals surface area contributed by atoms with E-state index < -0.39 is 11.7 Å². The fourth-order valence-electron chi connectivity index (χ4n) is 5.97. The number of nitrogens with zero attached hydrogens (tertiary/aromatic N) is 3. The zero-order valence-corrected chi connectivity index (χ0v) is 22.1. The van der Waals surface area contributed by atoms with Crippen LogP contribution >= 0.6 is 11.3 Å². The van der Waals surface area contributed by atoms with Crippen molar-refractivity contribution in [3.05, 3.63) is 81.8 Å². The van der Waals surface area contributed by atoms with Crippen molar-refractivity contribution in [1.29, 1.82) is 0 Å². The molecule has 0 radical (unpaired) electrons. The van der Waals surface area contributed by atoms with Crippen LogP contribution in [0, 0.1) is 23.6 Å². The smallest absolute Gasteiger partial charge is 0.378 e. The van der Waals surface area contributed by atoms with Gasteiger partial charge in [-0.05, 0) is 65.1 Å². The van der Waals surface area contributed by atoms with Gasteiger partial charge in [0.1, 0.15) is 5.82 Å². The minimum atomic E-state index is -4.33. The van der Waals surface area contributed by atoms with E-state index in [-0.39, 0.29) is 11.7 Å². The highest BCUT2D eigenvalue weighted by Crippen LogP contribution is 2.52. The lowest BCUT2D eigenvalue weighted by atomic mass is 10.1. The van der Waals surface area contributed by atoms with Gasteiger partial charge in [0.2, 0.25) is 0 Å². The van der Waals surface area contributed by atoms with Crippen molar-refractivity contribution in [1.82, 2.24) is 4.90 Å². The standard InChI is InChI=1S/C29H29F4N3O2S/c30-25-14-21(7-8-26(25)35-9-11-38-12-10-35)36(28(37)27-2-1-13-39-27)18-24-22-16-34(17-23(22)24)15-19-3-5-20(6-4-19)29(31,32)33/h1-8,13-14,22-24H,9-12,15-18H2. The molecule has 1 saturated carbocycles. The summed E-state index contributed by atoms with van der Waals surface area (Å²) in [7, 11) is 0. The van der Waals surface area contributed by atoms with E-state index in [1.807, 2.05) is 22.4 Å². The van der Waals surface area contributed by atoms with Gasteiger partial charge in [0, 0.05) is 45.0 Å². The number of rotatable bonds is 7. The highest BCUT2D eigenvalue weighted by Gasteiger charge is 2.56. The molecule has 6 rings (SSSR count). The number of carbonyl (C=O) groups is 1. The van der Waals surface area contributed by atoms with E-state index in [1.54, 1.807) is 29.2 Å². The van der Waals surface area contributed by atoms with Crippen LogP contribution in [0.5, 0.6) is 0 Å². The third-order valence-corrected chi connectivity index (χ3v) is 8.96. The number of alkyl halides is 3. The SMILES string of the molecule is O=C(c1cccs1)N(CC1C2CN(Cc3ccc(C(F)(F)F)cc3)CC21)c1ccc(N2CCOCC2)c(F)c1. The zero-order valence-electron chi connectivity index (χ0n) is 21.2. The molecule has 10 heteroatoms. The number of hydrogen-bond acceptors (Lipinski definition) is 5. The van der Waals surface area contributed by atoms with Crippen LogP contribution in [0.1, 0.15) is 20.8 Å². The predicted molar refractivity (Wildman–Crippen MR) is 143 cm³/mol. The number of carbonyl (C=O) groups excluding carboxylic acids is 1. The first kappa shape index (κ1) is 26.3. The van der Waals surface area contributed by atoms with Gasteiger partial charge in [-0.2, -0.15) is 13.2 Å². The monoisotopic (exact) mass is 559 g/mol. The fourth-order valence-corrected chi connectivity index (χ4v) is 6.64. The Morgan fingerprint density at radius 1 is 1.03 bits per heavy atom. The van der Waals surface area contributed by atoms with Crippen molar-refractivity contribution in [3.63, 3.8) is 0 Å². The molecule has 5 nitrogen and oxygen atoms in total. The van der Waals surface area contributed by atoms with Gasteiger partial charge < -0.3 is 14.5 Å². The maximum atomic E-state index is 15.2. The molecule has 0 N–H and O–H groups in total. The molecule has 2 unspecified atom stereocenters. The van der Waals surface area contributed by atoms with Gasteiger partial charge in [-0.15, -0.1) is 11.3 Å². The number of amides is 1. The van der Waals surface area contributed by atoms with E-state index in [2.05, 4.69) is 4.90 Å². The van der Waals surface area contributed by atoms with Crippen LogP contribution in [0.25, 0.3) is 0 Å². The quantitative estimate of drug-likeness (QED) is 0.345. The van der Waals surface area contributed by atoms with Crippen molar-refractivity contribution in [2.75, 3.05) is 55.7 Å². The van der Waals surface area contributed by atoms with Crippen LogP contribution < -0.4 is 9.80 Å². The topological polar surface area (TPSA) is 36.0 Å². The van der Waals surface area contributed by atoms with Gasteiger partial charge >= 0.3 is 6.18 Å². The number of likely N-dealkylation sites (tertiary alicyclic amines) is 1. The van der Waals surface area contributed by atoms with Crippen LogP contribution in [0.3, 0.4) is 0 Å². The number of anilines is 2. The Kier molecular flexibility index (Phi) is 7.11. The number of halogens is 4. The largest absolute Gasteiger partial charge is 0.416 e. The number of ether oxygens (including phenoxy) is 1. The second kappa shape index (κ2) is 10.6. The maximum Gasteiger partial charge on any atom is 0.416 e. The molecule has 39 heavy (non-hydrogen) atoms. The first-order valence-electron chi connectivity index (χ1n) is 13.1. The number of morpholine rings is 1. The van der Waals surface area contributed by atoms with Gasteiger partial charge in [-0.3, -0.25) is 9.69 Å². The molecule has 2 aliphatic heterocycles. The summed E-state index contributed by atoms with van der Waals surface area (Å²) in [6, 6.07) is 14.0. The third kappa shape index (κ3) is 5.55. The zero-order chi connectivity index (χ0) is 27.1. The van der Waals surface area contributed by atoms with E-state index in [0.29, 0.717) is 73.4 Å². The summed E-state index contributed by atoms with van der Waals surface area (Å²) in [6.45, 7) is 5.16. The minimum Gasteiger partial charge on any atom is -0.378 e. The number of fused-ring (bicyclic) bond motifs is 1. The second-order valence-electron chi connectivity index (χ2n) is 10.5. The van der Waals surface area contributed by atoms with Gasteiger partial charge in [0.05, 0.1) is 29.3 Å². The Morgan fingerprint density at radius 3 is 2.36 bits per heavy atom. The summed E-state index contributed by atoms with van der Waals surface area (Å²) in [5.41, 5.74) is 1.29. The van der Waals surface area contributed by atoms with Gasteiger partial charge in [-0.25, -0.2) is 4.39 Å². The van der Waals surface area contributed by atoms with E-state index in [4.69, 9.17) is 4.74 Å². The van der Waals surface area contributed by atoms with Crippen LogP contribution in [0.2, 0.25) is 0 Å². The molecule has 0 spiro atoms. The molecule has 3 heterocycles. The minimum absolute atomic E-state index is 0.130. The van der Waals surface area contributed by atoms with Crippen molar-refractivity contribution in [2.24, 2.45) is 17.8 Å². The summed E-state index contributed by atoms with van der Waals surface area (Å²) in [4.78, 5) is 20.0. The average Bonchev–Trinajstić information content (AvgIpc) is 3.29. The lowest BCUT2D eigenvalue weighted by Gasteiger charge is -2.30. The highest BCUT2D eigenvalue weighted by molar-refractivity contribution is 7.12. The van der Waals surface area contributed by atoms with Gasteiger partial charge in [0.25, 0.3) is 5.91 Å². The summed E-state index contributed by atoms with van der Waals surface area (Å²) < 4.78 is 59.2. The van der Waals surface area contributed by atoms with Crippen molar-refractivity contribution in [2.45, 2.75) is 12.7 Å². The van der Waals surface area contributed by atoms with E-state index >= 15 is 4.39 Å². The predicted octanol–water partition coefficient (Wildman–Crippen LogP) is 5.77. The molecule has 1 amide bonds. The Balaban J connectivity index is 1.13. The molecule has 3 aromatic rings. The van der Waals surface area contributed by atoms with Crippen molar-refractivity contribution < 1.29 is 27.1 Å². The van der Waals surface area contributed by atoms with Crippen LogP contribution in [-0.2, 0) is 17.5 Å². The second-order valence-corrected chi connectivity index (χ2v) is 11.5. The molecule has 206 valence electrons. The number of hydrogen-bond donors (Lipinski definition) is 0. The van der Waals surface area contributed by atoms with E-state index in [1.165, 1.54) is 17.4 Å².